The topological polar surface area (TPSA) is 105 Å². The predicted molar refractivity (Wildman–Crippen MR) is 134 cm³/mol. The zero-order valence-corrected chi connectivity index (χ0v) is 21.5. The zero-order valence-electron chi connectivity index (χ0n) is 19.9. The van der Waals surface area contributed by atoms with E-state index in [-0.39, 0.29) is 13.2 Å². The first-order valence-electron chi connectivity index (χ1n) is 11.8. The zero-order chi connectivity index (χ0) is 25.3. The lowest BCUT2D eigenvalue weighted by atomic mass is 10.0. The van der Waals surface area contributed by atoms with Crippen LogP contribution in [0.3, 0.4) is 0 Å². The Morgan fingerprint density at radius 1 is 1.17 bits per heavy atom. The lowest BCUT2D eigenvalue weighted by Gasteiger charge is -2.17. The number of hydrogen-bond donors (Lipinski definition) is 0. The van der Waals surface area contributed by atoms with Gasteiger partial charge in [0.05, 0.1) is 30.3 Å². The molecule has 3 heterocycles. The third-order valence-electron chi connectivity index (χ3n) is 6.15. The van der Waals surface area contributed by atoms with Gasteiger partial charge in [0.15, 0.2) is 0 Å². The van der Waals surface area contributed by atoms with Crippen LogP contribution in [0.25, 0.3) is 5.69 Å². The lowest BCUT2D eigenvalue weighted by molar-refractivity contribution is -0.158. The summed E-state index contributed by atoms with van der Waals surface area (Å²) in [5.41, 5.74) is 3.07. The fourth-order valence-corrected chi connectivity index (χ4v) is 4.60. The Morgan fingerprint density at radius 2 is 2.00 bits per heavy atom. The standard InChI is InChI=1S/C26H25BrN4O5/c1-3-34-25(33)36-26(10-11-26)24(32)35-13-9-20-23-29-15-16(2)31(23)21-8-7-17(27)14-18(21)22(30-20)19-6-4-5-12-28-19/h4-8,12,14-15,20H,3,9-11,13H2,1-2H3/t20-/m0/s1. The Morgan fingerprint density at radius 3 is 2.72 bits per heavy atom. The Hall–Kier alpha value is -3.53. The van der Waals surface area contributed by atoms with E-state index in [4.69, 9.17) is 19.2 Å². The molecule has 186 valence electrons. The summed E-state index contributed by atoms with van der Waals surface area (Å²) in [7, 11) is 0. The van der Waals surface area contributed by atoms with Crippen LogP contribution in [-0.2, 0) is 19.0 Å². The summed E-state index contributed by atoms with van der Waals surface area (Å²) < 4.78 is 18.6. The molecule has 0 amide bonds. The molecule has 3 aromatic rings. The molecule has 0 N–H and O–H groups in total. The average molecular weight is 553 g/mol. The highest BCUT2D eigenvalue weighted by Crippen LogP contribution is 2.41. The number of imidazole rings is 1. The number of esters is 1. The van der Waals surface area contributed by atoms with Crippen molar-refractivity contribution in [2.45, 2.75) is 44.8 Å². The average Bonchev–Trinajstić information content (AvgIpc) is 3.58. The summed E-state index contributed by atoms with van der Waals surface area (Å²) in [5, 5.41) is 0. The number of aromatic nitrogens is 3. The Bertz CT molecular complexity index is 1330. The molecule has 36 heavy (non-hydrogen) atoms. The number of nitrogens with zero attached hydrogens (tertiary/aromatic N) is 4. The van der Waals surface area contributed by atoms with Crippen LogP contribution in [0.15, 0.2) is 58.3 Å². The monoisotopic (exact) mass is 552 g/mol. The van der Waals surface area contributed by atoms with Crippen LogP contribution in [0.2, 0.25) is 0 Å². The number of pyridine rings is 1. The number of aliphatic imine (C=N–C) groups is 1. The number of ether oxygens (including phenoxy) is 3. The van der Waals surface area contributed by atoms with Crippen molar-refractivity contribution >= 4 is 33.8 Å². The van der Waals surface area contributed by atoms with Gasteiger partial charge in [0.25, 0.3) is 0 Å². The largest absolute Gasteiger partial charge is 0.509 e. The van der Waals surface area contributed by atoms with E-state index < -0.39 is 23.8 Å². The number of carbonyl (C=O) groups excluding carboxylic acids is 2. The molecule has 2 aromatic heterocycles. The lowest BCUT2D eigenvalue weighted by Crippen LogP contribution is -2.32. The third-order valence-corrected chi connectivity index (χ3v) is 6.65. The molecular formula is C26H25BrN4O5. The Kier molecular flexibility index (Phi) is 6.61. The van der Waals surface area contributed by atoms with Crippen molar-refractivity contribution in [3.8, 4) is 5.69 Å². The maximum Gasteiger partial charge on any atom is 0.509 e. The second-order valence-electron chi connectivity index (χ2n) is 8.67. The molecule has 9 nitrogen and oxygen atoms in total. The first-order chi connectivity index (χ1) is 17.4. The fraction of sp³-hybridized carbons (Fsp3) is 0.346. The molecule has 0 saturated heterocycles. The summed E-state index contributed by atoms with van der Waals surface area (Å²) in [4.78, 5) is 38.7. The molecule has 1 aromatic carbocycles. The molecule has 1 atom stereocenters. The van der Waals surface area contributed by atoms with E-state index in [0.717, 1.165) is 38.6 Å². The molecule has 10 heteroatoms. The molecule has 0 spiro atoms. The Labute approximate surface area is 216 Å². The van der Waals surface area contributed by atoms with Crippen LogP contribution in [0, 0.1) is 6.92 Å². The Balaban J connectivity index is 1.43. The van der Waals surface area contributed by atoms with Gasteiger partial charge >= 0.3 is 12.1 Å². The molecule has 0 bridgehead atoms. The van der Waals surface area contributed by atoms with E-state index in [0.29, 0.717) is 19.3 Å². The predicted octanol–water partition coefficient (Wildman–Crippen LogP) is 4.87. The van der Waals surface area contributed by atoms with E-state index in [1.165, 1.54) is 0 Å². The first-order valence-corrected chi connectivity index (χ1v) is 12.6. The summed E-state index contributed by atoms with van der Waals surface area (Å²) in [6.07, 6.45) is 3.92. The van der Waals surface area contributed by atoms with Crippen molar-refractivity contribution in [2.75, 3.05) is 13.2 Å². The van der Waals surface area contributed by atoms with Gasteiger partial charge in [-0.1, -0.05) is 22.0 Å². The number of rotatable bonds is 7. The van der Waals surface area contributed by atoms with Crippen LogP contribution in [-0.4, -0.2) is 51.2 Å². The summed E-state index contributed by atoms with van der Waals surface area (Å²) in [5.74, 6) is 0.187. The summed E-state index contributed by atoms with van der Waals surface area (Å²) in [6, 6.07) is 11.4. The fourth-order valence-electron chi connectivity index (χ4n) is 4.24. The molecule has 1 aliphatic heterocycles. The quantitative estimate of drug-likeness (QED) is 0.385. The van der Waals surface area contributed by atoms with Crippen molar-refractivity contribution in [1.29, 1.82) is 0 Å². The van der Waals surface area contributed by atoms with E-state index in [9.17, 15) is 9.59 Å². The molecule has 1 aliphatic carbocycles. The highest BCUT2D eigenvalue weighted by atomic mass is 79.9. The van der Waals surface area contributed by atoms with Crippen LogP contribution >= 0.6 is 15.9 Å². The van der Waals surface area contributed by atoms with Gasteiger partial charge in [0, 0.05) is 47.4 Å². The third kappa shape index (κ3) is 4.65. The van der Waals surface area contributed by atoms with E-state index in [2.05, 4.69) is 30.5 Å². The molecule has 0 unspecified atom stereocenters. The number of carbonyl (C=O) groups is 2. The van der Waals surface area contributed by atoms with Gasteiger partial charge in [0.1, 0.15) is 11.9 Å². The number of hydrogen-bond acceptors (Lipinski definition) is 8. The van der Waals surface area contributed by atoms with Crippen LogP contribution in [0.1, 0.15) is 55.0 Å². The smallest absolute Gasteiger partial charge is 0.463 e. The summed E-state index contributed by atoms with van der Waals surface area (Å²) in [6.45, 7) is 3.93. The van der Waals surface area contributed by atoms with Gasteiger partial charge < -0.3 is 14.2 Å². The van der Waals surface area contributed by atoms with Gasteiger partial charge in [-0.05, 0) is 44.2 Å². The van der Waals surface area contributed by atoms with Gasteiger partial charge in [-0.2, -0.15) is 0 Å². The molecule has 1 saturated carbocycles. The van der Waals surface area contributed by atoms with Crippen molar-refractivity contribution in [1.82, 2.24) is 14.5 Å². The van der Waals surface area contributed by atoms with Gasteiger partial charge in [-0.15, -0.1) is 0 Å². The van der Waals surface area contributed by atoms with Crippen molar-refractivity contribution < 1.29 is 23.8 Å². The second kappa shape index (κ2) is 9.85. The number of fused-ring (bicyclic) bond motifs is 3. The number of benzene rings is 1. The van der Waals surface area contributed by atoms with Gasteiger partial charge in [-0.3, -0.25) is 14.5 Å². The summed E-state index contributed by atoms with van der Waals surface area (Å²) >= 11 is 3.59. The van der Waals surface area contributed by atoms with Gasteiger partial charge in [0.2, 0.25) is 5.60 Å². The normalized spacial score (nSPS) is 17.2. The van der Waals surface area contributed by atoms with Crippen molar-refractivity contribution in [3.63, 3.8) is 0 Å². The highest BCUT2D eigenvalue weighted by Gasteiger charge is 2.56. The highest BCUT2D eigenvalue weighted by molar-refractivity contribution is 9.10. The molecule has 5 rings (SSSR count). The SMILES string of the molecule is CCOC(=O)OC1(C(=O)OCC[C@@H]2N=C(c3ccccn3)c3cc(Br)ccc3-n3c(C)cnc32)CC1. The maximum absolute atomic E-state index is 12.7. The van der Waals surface area contributed by atoms with Crippen molar-refractivity contribution in [3.05, 3.63) is 76.0 Å². The molecule has 0 radical (unpaired) electrons. The minimum atomic E-state index is -1.24. The van der Waals surface area contributed by atoms with Crippen LogP contribution in [0.4, 0.5) is 4.79 Å². The molecule has 2 aliphatic rings. The minimum Gasteiger partial charge on any atom is -0.463 e. The number of halogens is 1. The molecular weight excluding hydrogens is 528 g/mol. The second-order valence-corrected chi connectivity index (χ2v) is 9.58. The minimum absolute atomic E-state index is 0.0857. The van der Waals surface area contributed by atoms with Crippen LogP contribution in [0.5, 0.6) is 0 Å². The van der Waals surface area contributed by atoms with Crippen LogP contribution < -0.4 is 0 Å². The van der Waals surface area contributed by atoms with E-state index in [1.807, 2.05) is 49.5 Å². The van der Waals surface area contributed by atoms with Gasteiger partial charge in [-0.25, -0.2) is 14.6 Å². The van der Waals surface area contributed by atoms with E-state index in [1.54, 1.807) is 13.1 Å². The molecule has 1 fully saturated rings. The maximum atomic E-state index is 12.7. The number of aryl methyl sites for hydroxylation is 1. The first kappa shape index (κ1) is 24.2. The van der Waals surface area contributed by atoms with Crippen molar-refractivity contribution in [2.24, 2.45) is 4.99 Å². The van der Waals surface area contributed by atoms with E-state index >= 15 is 0 Å².